The summed E-state index contributed by atoms with van der Waals surface area (Å²) in [5.74, 6) is -4.27. The monoisotopic (exact) mass is 646 g/mol. The Hall–Kier alpha value is -5.15. The van der Waals surface area contributed by atoms with Crippen molar-refractivity contribution in [1.29, 1.82) is 0 Å². The largest absolute Gasteiger partial charge is 0.348 e. The highest BCUT2D eigenvalue weighted by Crippen LogP contribution is 2.43. The van der Waals surface area contributed by atoms with E-state index in [9.17, 15) is 14.4 Å². The summed E-state index contributed by atoms with van der Waals surface area (Å²) in [6.45, 7) is 2.51. The van der Waals surface area contributed by atoms with Crippen LogP contribution in [0.15, 0.2) is 109 Å². The average Bonchev–Trinajstić information content (AvgIpc) is 3.22. The lowest BCUT2D eigenvalue weighted by molar-refractivity contribution is -0.118. The fourth-order valence-electron chi connectivity index (χ4n) is 7.12. The van der Waals surface area contributed by atoms with E-state index in [1.807, 2.05) is 42.5 Å². The van der Waals surface area contributed by atoms with E-state index in [0.717, 1.165) is 49.7 Å². The Bertz CT molecular complexity index is 1870. The molecule has 8 rings (SSSR count). The molecule has 7 nitrogen and oxygen atoms in total. The van der Waals surface area contributed by atoms with Crippen LogP contribution in [0.4, 0.5) is 20.2 Å². The van der Waals surface area contributed by atoms with Crippen molar-refractivity contribution in [3.8, 4) is 11.1 Å². The predicted octanol–water partition coefficient (Wildman–Crippen LogP) is 6.89. The zero-order valence-corrected chi connectivity index (χ0v) is 26.4. The molecule has 4 heterocycles. The van der Waals surface area contributed by atoms with Crippen LogP contribution in [0.25, 0.3) is 16.7 Å². The standard InChI is InChI=1S/C39H36F2N4O3/c40-39(41)20-23-45(35-13-7-6-12-32(35)33(39)24-36(46)43-34-25-44-21-18-27(34)19-22-44)38(48)28-14-16-29(17-15-28)42-37(47)31-11-5-4-10-30(31)26-8-2-1-3-9-26/h1-17,24,27,34H,18-23,25H2,(H,42,47)(H,43,46)/b33-24-. The highest BCUT2D eigenvalue weighted by Gasteiger charge is 2.42. The molecule has 3 saturated heterocycles. The SMILES string of the molecule is O=C(/C=C1/c2ccccc2N(C(=O)c2ccc(NC(=O)c3ccccc3-c3ccccc3)cc2)CCC1(F)F)NC1CN2CCC1CC2. The Morgan fingerprint density at radius 3 is 2.15 bits per heavy atom. The van der Waals surface area contributed by atoms with Crippen molar-refractivity contribution in [2.24, 2.45) is 5.92 Å². The number of anilines is 2. The van der Waals surface area contributed by atoms with Gasteiger partial charge < -0.3 is 20.4 Å². The van der Waals surface area contributed by atoms with Crippen LogP contribution >= 0.6 is 0 Å². The van der Waals surface area contributed by atoms with Crippen LogP contribution in [0.3, 0.4) is 0 Å². The Morgan fingerprint density at radius 2 is 1.44 bits per heavy atom. The van der Waals surface area contributed by atoms with Gasteiger partial charge in [0.1, 0.15) is 0 Å². The molecule has 9 heteroatoms. The second-order valence-corrected chi connectivity index (χ2v) is 12.7. The summed E-state index contributed by atoms with van der Waals surface area (Å²) in [6.07, 6.45) is 2.37. The number of benzene rings is 4. The first-order valence-electron chi connectivity index (χ1n) is 16.4. The number of rotatable bonds is 6. The van der Waals surface area contributed by atoms with Crippen LogP contribution < -0.4 is 15.5 Å². The number of nitrogens with one attached hydrogen (secondary N) is 2. The van der Waals surface area contributed by atoms with E-state index >= 15 is 8.78 Å². The number of para-hydroxylation sites is 1. The van der Waals surface area contributed by atoms with Gasteiger partial charge in [0.15, 0.2) is 0 Å². The van der Waals surface area contributed by atoms with Gasteiger partial charge in [0, 0.05) is 59.6 Å². The Kier molecular flexibility index (Phi) is 8.62. The van der Waals surface area contributed by atoms with Crippen molar-refractivity contribution in [3.05, 3.63) is 126 Å². The Morgan fingerprint density at radius 1 is 0.771 bits per heavy atom. The van der Waals surface area contributed by atoms with Gasteiger partial charge in [0.25, 0.3) is 17.7 Å². The van der Waals surface area contributed by atoms with Gasteiger partial charge in [-0.15, -0.1) is 0 Å². The summed E-state index contributed by atoms with van der Waals surface area (Å²) in [5, 5.41) is 5.89. The van der Waals surface area contributed by atoms with Crippen LogP contribution in [0.5, 0.6) is 0 Å². The van der Waals surface area contributed by atoms with Gasteiger partial charge in [-0.2, -0.15) is 0 Å². The van der Waals surface area contributed by atoms with Crippen molar-refractivity contribution in [2.45, 2.75) is 31.2 Å². The second-order valence-electron chi connectivity index (χ2n) is 12.7. The van der Waals surface area contributed by atoms with E-state index in [2.05, 4.69) is 15.5 Å². The molecule has 4 aliphatic rings. The molecule has 2 bridgehead atoms. The summed E-state index contributed by atoms with van der Waals surface area (Å²) >= 11 is 0. The number of fused-ring (bicyclic) bond motifs is 4. The quantitative estimate of drug-likeness (QED) is 0.224. The lowest BCUT2D eigenvalue weighted by atomic mass is 9.84. The molecule has 48 heavy (non-hydrogen) atoms. The first-order valence-corrected chi connectivity index (χ1v) is 16.4. The molecule has 0 aromatic heterocycles. The molecule has 244 valence electrons. The molecule has 0 spiro atoms. The molecule has 1 atom stereocenters. The molecule has 0 aliphatic carbocycles. The first kappa shape index (κ1) is 31.4. The molecule has 3 amide bonds. The fourth-order valence-corrected chi connectivity index (χ4v) is 7.12. The third-order valence-corrected chi connectivity index (χ3v) is 9.68. The maximum atomic E-state index is 15.8. The van der Waals surface area contributed by atoms with Gasteiger partial charge in [-0.25, -0.2) is 8.78 Å². The van der Waals surface area contributed by atoms with Crippen LogP contribution in [0, 0.1) is 5.92 Å². The zero-order valence-electron chi connectivity index (χ0n) is 26.4. The topological polar surface area (TPSA) is 81.8 Å². The van der Waals surface area contributed by atoms with Gasteiger partial charge in [-0.3, -0.25) is 14.4 Å². The third-order valence-electron chi connectivity index (χ3n) is 9.68. The minimum absolute atomic E-state index is 0.0593. The van der Waals surface area contributed by atoms with E-state index in [0.29, 0.717) is 22.9 Å². The molecule has 0 saturated carbocycles. The highest BCUT2D eigenvalue weighted by atomic mass is 19.3. The van der Waals surface area contributed by atoms with E-state index in [-0.39, 0.29) is 35.2 Å². The van der Waals surface area contributed by atoms with Crippen molar-refractivity contribution >= 4 is 34.7 Å². The Labute approximate surface area is 278 Å². The lowest BCUT2D eigenvalue weighted by Gasteiger charge is -2.44. The summed E-state index contributed by atoms with van der Waals surface area (Å²) in [4.78, 5) is 43.9. The summed E-state index contributed by atoms with van der Waals surface area (Å²) in [7, 11) is 0. The molecular formula is C39H36F2N4O3. The molecule has 4 aromatic carbocycles. The minimum Gasteiger partial charge on any atom is -0.348 e. The van der Waals surface area contributed by atoms with Crippen molar-refractivity contribution < 1.29 is 23.2 Å². The van der Waals surface area contributed by atoms with E-state index in [4.69, 9.17) is 0 Å². The predicted molar refractivity (Wildman–Crippen MR) is 183 cm³/mol. The maximum Gasteiger partial charge on any atom is 0.275 e. The van der Waals surface area contributed by atoms with E-state index < -0.39 is 24.2 Å². The lowest BCUT2D eigenvalue weighted by Crippen LogP contribution is -2.57. The smallest absolute Gasteiger partial charge is 0.275 e. The number of hydrogen-bond donors (Lipinski definition) is 2. The van der Waals surface area contributed by atoms with Crippen LogP contribution in [-0.4, -0.2) is 60.8 Å². The van der Waals surface area contributed by atoms with Gasteiger partial charge >= 0.3 is 0 Å². The Balaban J connectivity index is 1.10. The number of nitrogens with zero attached hydrogens (tertiary/aromatic N) is 2. The number of allylic oxidation sites excluding steroid dienone is 1. The number of piperidine rings is 3. The maximum absolute atomic E-state index is 15.8. The van der Waals surface area contributed by atoms with Gasteiger partial charge in [0.05, 0.1) is 5.69 Å². The molecule has 2 N–H and O–H groups in total. The number of carbonyl (C=O) groups is 3. The molecule has 3 fully saturated rings. The van der Waals surface area contributed by atoms with Gasteiger partial charge in [-0.05, 0) is 79.4 Å². The van der Waals surface area contributed by atoms with Gasteiger partial charge in [-0.1, -0.05) is 66.7 Å². The van der Waals surface area contributed by atoms with Crippen molar-refractivity contribution in [3.63, 3.8) is 0 Å². The molecular weight excluding hydrogens is 610 g/mol. The number of halogens is 2. The van der Waals surface area contributed by atoms with Crippen LogP contribution in [0.2, 0.25) is 0 Å². The molecule has 1 unspecified atom stereocenters. The fraction of sp³-hybridized carbons (Fsp3) is 0.256. The summed E-state index contributed by atoms with van der Waals surface area (Å²) in [5.41, 5.74) is 3.07. The van der Waals surface area contributed by atoms with Crippen molar-refractivity contribution in [1.82, 2.24) is 10.2 Å². The van der Waals surface area contributed by atoms with Crippen molar-refractivity contribution in [2.75, 3.05) is 36.4 Å². The third kappa shape index (κ3) is 6.38. The second kappa shape index (κ2) is 13.2. The first-order chi connectivity index (χ1) is 23.3. The zero-order chi connectivity index (χ0) is 33.3. The number of hydrogen-bond acceptors (Lipinski definition) is 4. The van der Waals surface area contributed by atoms with Crippen LogP contribution in [-0.2, 0) is 4.79 Å². The average molecular weight is 647 g/mol. The number of carbonyl (C=O) groups excluding carboxylic acids is 3. The highest BCUT2D eigenvalue weighted by molar-refractivity contribution is 6.11. The normalized spacial score (nSPS) is 22.0. The van der Waals surface area contributed by atoms with E-state index in [1.54, 1.807) is 54.6 Å². The summed E-state index contributed by atoms with van der Waals surface area (Å²) in [6, 6.07) is 29.8. The molecule has 0 radical (unpaired) electrons. The molecule has 4 aromatic rings. The molecule has 4 aliphatic heterocycles. The van der Waals surface area contributed by atoms with E-state index in [1.165, 1.54) is 11.0 Å². The van der Waals surface area contributed by atoms with Gasteiger partial charge in [0.2, 0.25) is 5.91 Å². The number of amides is 3. The minimum atomic E-state index is -3.33. The summed E-state index contributed by atoms with van der Waals surface area (Å²) < 4.78 is 31.5. The number of alkyl halides is 2. The van der Waals surface area contributed by atoms with Crippen LogP contribution in [0.1, 0.15) is 45.5 Å².